The number of sulfone groups is 1. The number of nitrogens with two attached hydrogens (primary N) is 1. The molecule has 2 atom stereocenters. The summed E-state index contributed by atoms with van der Waals surface area (Å²) in [6, 6.07) is 5.51. The van der Waals surface area contributed by atoms with Crippen LogP contribution in [0.5, 0.6) is 0 Å². The molecule has 4 heteroatoms. The molecule has 3 nitrogen and oxygen atoms in total. The molecule has 0 aromatic heterocycles. The number of aryl methyl sites for hydroxylation is 2. The van der Waals surface area contributed by atoms with E-state index < -0.39 is 21.1 Å². The summed E-state index contributed by atoms with van der Waals surface area (Å²) < 4.78 is 24.4. The lowest BCUT2D eigenvalue weighted by Gasteiger charge is -2.22. The van der Waals surface area contributed by atoms with Crippen molar-refractivity contribution in [1.29, 1.82) is 0 Å². The SMILES string of the molecule is CCCCS(=O)(=O)C(C)C(N)c1ccc(C)cc1C. The number of unbranched alkanes of at least 4 members (excludes halogenated alkanes) is 1. The van der Waals surface area contributed by atoms with E-state index >= 15 is 0 Å². The molecular weight excluding hydrogens is 258 g/mol. The third kappa shape index (κ3) is 4.05. The molecule has 0 saturated carbocycles. The van der Waals surface area contributed by atoms with Gasteiger partial charge in [0.25, 0.3) is 0 Å². The highest BCUT2D eigenvalue weighted by atomic mass is 32.2. The van der Waals surface area contributed by atoms with Crippen LogP contribution in [-0.4, -0.2) is 19.4 Å². The molecule has 0 saturated heterocycles. The van der Waals surface area contributed by atoms with Gasteiger partial charge in [-0.05, 0) is 38.3 Å². The highest BCUT2D eigenvalue weighted by Gasteiger charge is 2.28. The zero-order valence-electron chi connectivity index (χ0n) is 12.3. The normalized spacial score (nSPS) is 15.2. The van der Waals surface area contributed by atoms with Crippen LogP contribution < -0.4 is 5.73 Å². The number of hydrogen-bond donors (Lipinski definition) is 1. The summed E-state index contributed by atoms with van der Waals surface area (Å²) in [6.07, 6.45) is 1.58. The van der Waals surface area contributed by atoms with Crippen LogP contribution in [0, 0.1) is 13.8 Å². The van der Waals surface area contributed by atoms with Crippen LogP contribution >= 0.6 is 0 Å². The first-order chi connectivity index (χ1) is 8.79. The van der Waals surface area contributed by atoms with E-state index in [0.29, 0.717) is 6.42 Å². The Bertz CT molecular complexity index is 523. The predicted octanol–water partition coefficient (Wildman–Crippen LogP) is 2.91. The summed E-state index contributed by atoms with van der Waals surface area (Å²) >= 11 is 0. The standard InChI is InChI=1S/C15H25NO2S/c1-5-6-9-19(17,18)13(4)15(16)14-8-7-11(2)10-12(14)3/h7-8,10,13,15H,5-6,9,16H2,1-4H3. The first-order valence-corrected chi connectivity index (χ1v) is 8.55. The Balaban J connectivity index is 2.96. The summed E-state index contributed by atoms with van der Waals surface area (Å²) in [4.78, 5) is 0. The van der Waals surface area contributed by atoms with Crippen molar-refractivity contribution in [1.82, 2.24) is 0 Å². The van der Waals surface area contributed by atoms with Crippen molar-refractivity contribution in [3.05, 3.63) is 34.9 Å². The Kier molecular flexibility index (Phi) is 5.56. The third-order valence-corrected chi connectivity index (χ3v) is 5.92. The average Bonchev–Trinajstić information content (AvgIpc) is 2.34. The minimum Gasteiger partial charge on any atom is -0.323 e. The predicted molar refractivity (Wildman–Crippen MR) is 81.0 cm³/mol. The maximum atomic E-state index is 12.2. The van der Waals surface area contributed by atoms with Crippen molar-refractivity contribution in [3.63, 3.8) is 0 Å². The highest BCUT2D eigenvalue weighted by Crippen LogP contribution is 2.24. The molecule has 1 rings (SSSR count). The molecular formula is C15H25NO2S. The van der Waals surface area contributed by atoms with Gasteiger partial charge >= 0.3 is 0 Å². The molecule has 0 aliphatic carbocycles. The van der Waals surface area contributed by atoms with Crippen molar-refractivity contribution in [2.24, 2.45) is 5.73 Å². The summed E-state index contributed by atoms with van der Waals surface area (Å²) in [5.74, 6) is 0.225. The first-order valence-electron chi connectivity index (χ1n) is 6.84. The summed E-state index contributed by atoms with van der Waals surface area (Å²) in [7, 11) is -3.12. The van der Waals surface area contributed by atoms with Crippen LogP contribution in [0.1, 0.15) is 49.4 Å². The fraction of sp³-hybridized carbons (Fsp3) is 0.600. The Morgan fingerprint density at radius 2 is 1.89 bits per heavy atom. The van der Waals surface area contributed by atoms with E-state index in [1.54, 1.807) is 6.92 Å². The van der Waals surface area contributed by atoms with Crippen molar-refractivity contribution in [2.75, 3.05) is 5.75 Å². The van der Waals surface area contributed by atoms with Crippen molar-refractivity contribution in [2.45, 2.75) is 51.8 Å². The molecule has 19 heavy (non-hydrogen) atoms. The van der Waals surface area contributed by atoms with Crippen molar-refractivity contribution >= 4 is 9.84 Å². The van der Waals surface area contributed by atoms with Gasteiger partial charge in [-0.1, -0.05) is 37.1 Å². The van der Waals surface area contributed by atoms with E-state index in [1.807, 2.05) is 39.0 Å². The molecule has 0 radical (unpaired) electrons. The van der Waals surface area contributed by atoms with Gasteiger partial charge in [0.1, 0.15) is 0 Å². The minimum absolute atomic E-state index is 0.225. The molecule has 0 bridgehead atoms. The zero-order chi connectivity index (χ0) is 14.6. The summed E-state index contributed by atoms with van der Waals surface area (Å²) in [5, 5.41) is -0.541. The lowest BCUT2D eigenvalue weighted by Crippen LogP contribution is -2.33. The van der Waals surface area contributed by atoms with E-state index in [4.69, 9.17) is 5.73 Å². The first kappa shape index (κ1) is 16.2. The van der Waals surface area contributed by atoms with E-state index in [2.05, 4.69) is 0 Å². The molecule has 108 valence electrons. The van der Waals surface area contributed by atoms with E-state index in [1.165, 1.54) is 0 Å². The van der Waals surface area contributed by atoms with Gasteiger partial charge in [0.05, 0.1) is 11.0 Å². The van der Waals surface area contributed by atoms with Crippen LogP contribution in [0.3, 0.4) is 0 Å². The topological polar surface area (TPSA) is 60.2 Å². The molecule has 0 aliphatic rings. The Labute approximate surface area is 117 Å². The quantitative estimate of drug-likeness (QED) is 0.873. The van der Waals surface area contributed by atoms with Gasteiger partial charge in [0.15, 0.2) is 9.84 Å². The van der Waals surface area contributed by atoms with Crippen molar-refractivity contribution in [3.8, 4) is 0 Å². The van der Waals surface area contributed by atoms with Gasteiger partial charge in [-0.3, -0.25) is 0 Å². The van der Waals surface area contributed by atoms with E-state index in [-0.39, 0.29) is 5.75 Å². The lowest BCUT2D eigenvalue weighted by molar-refractivity contribution is 0.561. The van der Waals surface area contributed by atoms with Crippen molar-refractivity contribution < 1.29 is 8.42 Å². The number of hydrogen-bond acceptors (Lipinski definition) is 3. The molecule has 0 amide bonds. The fourth-order valence-electron chi connectivity index (χ4n) is 2.21. The molecule has 1 aromatic carbocycles. The Morgan fingerprint density at radius 1 is 1.26 bits per heavy atom. The maximum Gasteiger partial charge on any atom is 0.154 e. The monoisotopic (exact) mass is 283 g/mol. The molecule has 1 aromatic rings. The van der Waals surface area contributed by atoms with Gasteiger partial charge in [0.2, 0.25) is 0 Å². The molecule has 0 fully saturated rings. The summed E-state index contributed by atoms with van der Waals surface area (Å²) in [6.45, 7) is 7.70. The van der Waals surface area contributed by atoms with Crippen LogP contribution in [0.4, 0.5) is 0 Å². The molecule has 2 unspecified atom stereocenters. The largest absolute Gasteiger partial charge is 0.323 e. The van der Waals surface area contributed by atoms with E-state index in [9.17, 15) is 8.42 Å². The smallest absolute Gasteiger partial charge is 0.154 e. The average molecular weight is 283 g/mol. The number of rotatable bonds is 6. The Hall–Kier alpha value is -0.870. The Morgan fingerprint density at radius 3 is 2.42 bits per heavy atom. The van der Waals surface area contributed by atoms with Gasteiger partial charge in [-0.15, -0.1) is 0 Å². The second-order valence-corrected chi connectivity index (χ2v) is 7.79. The van der Waals surface area contributed by atoms with Gasteiger partial charge in [-0.25, -0.2) is 8.42 Å². The molecule has 0 aliphatic heterocycles. The van der Waals surface area contributed by atoms with Crippen LogP contribution in [0.25, 0.3) is 0 Å². The van der Waals surface area contributed by atoms with Gasteiger partial charge in [-0.2, -0.15) is 0 Å². The highest BCUT2D eigenvalue weighted by molar-refractivity contribution is 7.92. The summed E-state index contributed by atoms with van der Waals surface area (Å²) in [5.41, 5.74) is 9.32. The van der Waals surface area contributed by atoms with E-state index in [0.717, 1.165) is 23.1 Å². The molecule has 0 heterocycles. The van der Waals surface area contributed by atoms with Crippen LogP contribution in [-0.2, 0) is 9.84 Å². The van der Waals surface area contributed by atoms with Gasteiger partial charge in [0, 0.05) is 6.04 Å². The van der Waals surface area contributed by atoms with Gasteiger partial charge < -0.3 is 5.73 Å². The maximum absolute atomic E-state index is 12.2. The minimum atomic E-state index is -3.12. The number of benzene rings is 1. The zero-order valence-corrected chi connectivity index (χ0v) is 13.1. The lowest BCUT2D eigenvalue weighted by atomic mass is 9.98. The van der Waals surface area contributed by atoms with Crippen LogP contribution in [0.2, 0.25) is 0 Å². The van der Waals surface area contributed by atoms with Crippen LogP contribution in [0.15, 0.2) is 18.2 Å². The second kappa shape index (κ2) is 6.53. The second-order valence-electron chi connectivity index (χ2n) is 5.31. The molecule has 0 spiro atoms. The third-order valence-electron chi connectivity index (χ3n) is 3.64. The molecule has 2 N–H and O–H groups in total. The fourth-order valence-corrected chi connectivity index (χ4v) is 3.86.